The summed E-state index contributed by atoms with van der Waals surface area (Å²) in [6.07, 6.45) is 0.317. The van der Waals surface area contributed by atoms with E-state index >= 15 is 0 Å². The number of aliphatic hydroxyl groups is 1. The molecule has 0 amide bonds. The van der Waals surface area contributed by atoms with Gasteiger partial charge in [-0.25, -0.2) is 0 Å². The van der Waals surface area contributed by atoms with E-state index in [1.54, 1.807) is 0 Å². The molecule has 0 aliphatic carbocycles. The largest absolute Gasteiger partial charge is 0.461 e. The van der Waals surface area contributed by atoms with Gasteiger partial charge < -0.3 is 9.84 Å². The Morgan fingerprint density at radius 1 is 1.33 bits per heavy atom. The van der Waals surface area contributed by atoms with Crippen LogP contribution in [0.25, 0.3) is 0 Å². The van der Waals surface area contributed by atoms with Crippen LogP contribution in [-0.4, -0.2) is 17.2 Å². The topological polar surface area (TPSA) is 46.5 Å². The van der Waals surface area contributed by atoms with E-state index in [2.05, 4.69) is 11.8 Å². The third kappa shape index (κ3) is 6.07. The van der Waals surface area contributed by atoms with Crippen molar-refractivity contribution in [3.63, 3.8) is 0 Å². The Balaban J connectivity index is 2.25. The highest BCUT2D eigenvalue weighted by molar-refractivity contribution is 5.70. The van der Waals surface area contributed by atoms with E-state index in [1.165, 1.54) is 0 Å². The van der Waals surface area contributed by atoms with Crippen molar-refractivity contribution in [3.05, 3.63) is 35.9 Å². The zero-order chi connectivity index (χ0) is 13.2. The van der Waals surface area contributed by atoms with Gasteiger partial charge in [0.05, 0.1) is 12.5 Å². The first kappa shape index (κ1) is 14.3. The van der Waals surface area contributed by atoms with Gasteiger partial charge in [0.15, 0.2) is 0 Å². The molecule has 3 heteroatoms. The number of esters is 1. The molecule has 0 unspecified atom stereocenters. The minimum Gasteiger partial charge on any atom is -0.461 e. The highest BCUT2D eigenvalue weighted by atomic mass is 16.5. The molecule has 18 heavy (non-hydrogen) atoms. The fraction of sp³-hybridized carbons (Fsp3) is 0.400. The molecular formula is C15H18O3. The van der Waals surface area contributed by atoms with Crippen molar-refractivity contribution >= 4 is 5.97 Å². The van der Waals surface area contributed by atoms with Gasteiger partial charge >= 0.3 is 5.97 Å². The first-order chi connectivity index (χ1) is 8.72. The Morgan fingerprint density at radius 2 is 2.06 bits per heavy atom. The molecule has 0 aromatic heterocycles. The molecular weight excluding hydrogens is 228 g/mol. The normalized spacial score (nSPS) is 11.2. The third-order valence-electron chi connectivity index (χ3n) is 2.28. The molecule has 0 bridgehead atoms. The molecule has 1 atom stereocenters. The summed E-state index contributed by atoms with van der Waals surface area (Å²) in [6, 6.07) is 9.45. The van der Waals surface area contributed by atoms with Crippen LogP contribution in [0.2, 0.25) is 0 Å². The van der Waals surface area contributed by atoms with Gasteiger partial charge in [0, 0.05) is 12.8 Å². The molecule has 1 N–H and O–H groups in total. The summed E-state index contributed by atoms with van der Waals surface area (Å²) in [5, 5.41) is 9.54. The van der Waals surface area contributed by atoms with Gasteiger partial charge in [-0.2, -0.15) is 0 Å². The fourth-order valence-corrected chi connectivity index (χ4v) is 1.38. The lowest BCUT2D eigenvalue weighted by Gasteiger charge is -2.07. The zero-order valence-electron chi connectivity index (χ0n) is 10.6. The molecule has 0 heterocycles. The van der Waals surface area contributed by atoms with Gasteiger partial charge in [-0.15, -0.1) is 11.8 Å². The van der Waals surface area contributed by atoms with Crippen LogP contribution in [0.1, 0.15) is 31.7 Å². The molecule has 96 valence electrons. The molecule has 0 radical (unpaired) electrons. The van der Waals surface area contributed by atoms with E-state index in [9.17, 15) is 9.90 Å². The lowest BCUT2D eigenvalue weighted by atomic mass is 10.2. The van der Waals surface area contributed by atoms with Crippen molar-refractivity contribution in [1.29, 1.82) is 0 Å². The molecule has 0 aliphatic rings. The number of carbonyl (C=O) groups is 1. The van der Waals surface area contributed by atoms with Crippen LogP contribution in [-0.2, 0) is 16.1 Å². The Kier molecular flexibility index (Phi) is 6.60. The summed E-state index contributed by atoms with van der Waals surface area (Å²) in [7, 11) is 0. The van der Waals surface area contributed by atoms with Gasteiger partial charge in [-0.05, 0) is 5.56 Å². The average molecular weight is 246 g/mol. The van der Waals surface area contributed by atoms with E-state index in [-0.39, 0.29) is 13.0 Å². The number of hydrogen-bond acceptors (Lipinski definition) is 3. The number of aliphatic hydroxyl groups excluding tert-OH is 1. The molecule has 1 rings (SSSR count). The Labute approximate surface area is 108 Å². The lowest BCUT2D eigenvalue weighted by Crippen LogP contribution is -2.15. The van der Waals surface area contributed by atoms with Gasteiger partial charge in [0.2, 0.25) is 0 Å². The summed E-state index contributed by atoms with van der Waals surface area (Å²) in [4.78, 5) is 11.4. The second-order valence-corrected chi connectivity index (χ2v) is 3.92. The van der Waals surface area contributed by atoms with E-state index < -0.39 is 12.1 Å². The zero-order valence-corrected chi connectivity index (χ0v) is 10.6. The molecule has 0 saturated heterocycles. The molecule has 1 aromatic rings. The summed E-state index contributed by atoms with van der Waals surface area (Å²) in [6.45, 7) is 2.18. The standard InChI is InChI=1S/C15H18O3/c1-2-3-5-10-14(16)11-15(17)18-12-13-8-6-4-7-9-13/h4,6-9,14,16H,2,10-12H2,1H3/t14-/m0/s1. The second-order valence-electron chi connectivity index (χ2n) is 3.92. The monoisotopic (exact) mass is 246 g/mol. The highest BCUT2D eigenvalue weighted by Crippen LogP contribution is 2.04. The average Bonchev–Trinajstić information content (AvgIpc) is 2.38. The fourth-order valence-electron chi connectivity index (χ4n) is 1.38. The minimum absolute atomic E-state index is 0.00870. The SMILES string of the molecule is CCC#CC[C@H](O)CC(=O)OCc1ccccc1. The maximum atomic E-state index is 11.4. The summed E-state index contributed by atoms with van der Waals surface area (Å²) in [5.74, 6) is 5.26. The number of ether oxygens (including phenoxy) is 1. The van der Waals surface area contributed by atoms with Gasteiger partial charge in [0.1, 0.15) is 6.61 Å². The van der Waals surface area contributed by atoms with Crippen LogP contribution in [0.3, 0.4) is 0 Å². The molecule has 1 aromatic carbocycles. The van der Waals surface area contributed by atoms with Crippen LogP contribution >= 0.6 is 0 Å². The Bertz CT molecular complexity index is 414. The predicted molar refractivity (Wildman–Crippen MR) is 69.5 cm³/mol. The summed E-state index contributed by atoms with van der Waals surface area (Å²) >= 11 is 0. The van der Waals surface area contributed by atoms with Crippen molar-refractivity contribution in [3.8, 4) is 11.8 Å². The second kappa shape index (κ2) is 8.32. The van der Waals surface area contributed by atoms with Gasteiger partial charge in [-0.1, -0.05) is 37.3 Å². The number of carbonyl (C=O) groups excluding carboxylic acids is 1. The molecule has 3 nitrogen and oxygen atoms in total. The van der Waals surface area contributed by atoms with Crippen LogP contribution in [0.15, 0.2) is 30.3 Å². The maximum Gasteiger partial charge on any atom is 0.308 e. The number of rotatable bonds is 5. The first-order valence-electron chi connectivity index (χ1n) is 6.05. The van der Waals surface area contributed by atoms with E-state index in [0.29, 0.717) is 6.42 Å². The summed E-state index contributed by atoms with van der Waals surface area (Å²) in [5.41, 5.74) is 0.936. The Hall–Kier alpha value is -1.79. The van der Waals surface area contributed by atoms with Crippen molar-refractivity contribution in [2.75, 3.05) is 0 Å². The van der Waals surface area contributed by atoms with Gasteiger partial charge in [-0.3, -0.25) is 4.79 Å². The van der Waals surface area contributed by atoms with Crippen molar-refractivity contribution in [2.24, 2.45) is 0 Å². The van der Waals surface area contributed by atoms with Gasteiger partial charge in [0.25, 0.3) is 0 Å². The minimum atomic E-state index is -0.743. The van der Waals surface area contributed by atoms with Crippen molar-refractivity contribution in [2.45, 2.75) is 38.9 Å². The van der Waals surface area contributed by atoms with E-state index in [1.807, 2.05) is 37.3 Å². The first-order valence-corrected chi connectivity index (χ1v) is 6.05. The predicted octanol–water partition coefficient (Wildman–Crippen LogP) is 2.28. The van der Waals surface area contributed by atoms with Crippen molar-refractivity contribution in [1.82, 2.24) is 0 Å². The van der Waals surface area contributed by atoms with Crippen LogP contribution < -0.4 is 0 Å². The number of benzene rings is 1. The van der Waals surface area contributed by atoms with Crippen LogP contribution in [0.5, 0.6) is 0 Å². The van der Waals surface area contributed by atoms with Crippen molar-refractivity contribution < 1.29 is 14.6 Å². The smallest absolute Gasteiger partial charge is 0.308 e. The molecule has 0 aliphatic heterocycles. The lowest BCUT2D eigenvalue weighted by molar-refractivity contribution is -0.147. The Morgan fingerprint density at radius 3 is 2.72 bits per heavy atom. The highest BCUT2D eigenvalue weighted by Gasteiger charge is 2.10. The van der Waals surface area contributed by atoms with E-state index in [4.69, 9.17) is 4.74 Å². The maximum absolute atomic E-state index is 11.4. The molecule has 0 fully saturated rings. The molecule has 0 saturated carbocycles. The summed E-state index contributed by atoms with van der Waals surface area (Å²) < 4.78 is 5.06. The van der Waals surface area contributed by atoms with Crippen LogP contribution in [0.4, 0.5) is 0 Å². The van der Waals surface area contributed by atoms with Crippen LogP contribution in [0, 0.1) is 11.8 Å². The van der Waals surface area contributed by atoms with E-state index in [0.717, 1.165) is 12.0 Å². The molecule has 0 spiro atoms. The number of hydrogen-bond donors (Lipinski definition) is 1. The quantitative estimate of drug-likeness (QED) is 0.640. The third-order valence-corrected chi connectivity index (χ3v) is 2.28.